The largest absolute Gasteiger partial charge is 0.381 e. The molecule has 2 aliphatic heterocycles. The fraction of sp³-hybridized carbons (Fsp3) is 0.771. The van der Waals surface area contributed by atoms with Crippen LogP contribution in [0.4, 0.5) is 0 Å². The van der Waals surface area contributed by atoms with Gasteiger partial charge in [0.1, 0.15) is 0 Å². The maximum Gasteiger partial charge on any atom is 0.299 e. The lowest BCUT2D eigenvalue weighted by atomic mass is 10.1. The summed E-state index contributed by atoms with van der Waals surface area (Å²) < 4.78 is 48.6. The van der Waals surface area contributed by atoms with Gasteiger partial charge in [0.25, 0.3) is 10.1 Å². The Morgan fingerprint density at radius 3 is 2.07 bits per heavy atom. The molecule has 0 radical (unpaired) electrons. The molecule has 252 valence electrons. The lowest BCUT2D eigenvalue weighted by Crippen LogP contribution is -2.30. The molecule has 0 N–H and O–H groups in total. The van der Waals surface area contributed by atoms with Crippen LogP contribution in [0, 0.1) is 12.8 Å². The molecule has 1 aromatic carbocycles. The standard InChI is InChI=1S/C35H59NO6S2/c1-3-4-5-6-7-8-9-10-13-16-24-39-28-32-27-33(41-29-32)30-40-25-17-14-11-12-15-22-36-23-26-43-35(36)42-44(37,38)34-20-18-31(2)19-21-34/h18-21,23,26,32-33,35H,3-17,22,24-25,27-30H2,1-2H3. The summed E-state index contributed by atoms with van der Waals surface area (Å²) in [5, 5.41) is 1.90. The van der Waals surface area contributed by atoms with E-state index >= 15 is 0 Å². The predicted molar refractivity (Wildman–Crippen MR) is 181 cm³/mol. The number of hydrogen-bond donors (Lipinski definition) is 0. The van der Waals surface area contributed by atoms with Crippen LogP contribution in [0.2, 0.25) is 0 Å². The Balaban J connectivity index is 1.10. The SMILES string of the molecule is CCCCCCCCCCCCOCC1COC(COCCCCCCCN2C=CSC2OS(=O)(=O)c2ccc(C)cc2)C1. The van der Waals surface area contributed by atoms with E-state index in [0.29, 0.717) is 12.5 Å². The first-order valence-corrected chi connectivity index (χ1v) is 19.7. The summed E-state index contributed by atoms with van der Waals surface area (Å²) >= 11 is 1.38. The number of aryl methyl sites for hydroxylation is 1. The maximum absolute atomic E-state index is 12.7. The summed E-state index contributed by atoms with van der Waals surface area (Å²) in [4.78, 5) is 2.16. The number of benzene rings is 1. The highest BCUT2D eigenvalue weighted by molar-refractivity contribution is 8.03. The van der Waals surface area contributed by atoms with Gasteiger partial charge in [-0.25, -0.2) is 4.18 Å². The molecule has 0 spiro atoms. The molecule has 3 rings (SSSR count). The first-order valence-electron chi connectivity index (χ1n) is 17.3. The van der Waals surface area contributed by atoms with Crippen LogP contribution in [0.1, 0.15) is 115 Å². The van der Waals surface area contributed by atoms with Crippen molar-refractivity contribution in [3.05, 3.63) is 41.4 Å². The molecular formula is C35H59NO6S2. The summed E-state index contributed by atoms with van der Waals surface area (Å²) in [6, 6.07) is 6.76. The lowest BCUT2D eigenvalue weighted by Gasteiger charge is -2.24. The van der Waals surface area contributed by atoms with Crippen molar-refractivity contribution in [2.24, 2.45) is 5.92 Å². The highest BCUT2D eigenvalue weighted by atomic mass is 32.2. The Labute approximate surface area is 272 Å². The zero-order valence-electron chi connectivity index (χ0n) is 27.5. The van der Waals surface area contributed by atoms with Crippen molar-refractivity contribution in [2.45, 2.75) is 133 Å². The molecule has 0 aliphatic carbocycles. The lowest BCUT2D eigenvalue weighted by molar-refractivity contribution is 0.0140. The first kappa shape index (κ1) is 37.4. The Bertz CT molecular complexity index is 1000. The molecule has 2 aliphatic rings. The third-order valence-corrected chi connectivity index (χ3v) is 10.7. The van der Waals surface area contributed by atoms with E-state index in [1.165, 1.54) is 76.0 Å². The number of nitrogens with zero attached hydrogens (tertiary/aromatic N) is 1. The van der Waals surface area contributed by atoms with Crippen molar-refractivity contribution in [1.29, 1.82) is 0 Å². The van der Waals surface area contributed by atoms with Gasteiger partial charge in [0, 0.05) is 31.9 Å². The minimum atomic E-state index is -3.80. The zero-order chi connectivity index (χ0) is 31.3. The van der Waals surface area contributed by atoms with E-state index in [2.05, 4.69) is 6.92 Å². The van der Waals surface area contributed by atoms with Gasteiger partial charge >= 0.3 is 0 Å². The summed E-state index contributed by atoms with van der Waals surface area (Å²) in [6.45, 7) is 8.93. The molecule has 44 heavy (non-hydrogen) atoms. The predicted octanol–water partition coefficient (Wildman–Crippen LogP) is 8.81. The third kappa shape index (κ3) is 15.5. The van der Waals surface area contributed by atoms with Gasteiger partial charge in [-0.3, -0.25) is 0 Å². The van der Waals surface area contributed by atoms with Crippen molar-refractivity contribution >= 4 is 21.9 Å². The van der Waals surface area contributed by atoms with Crippen molar-refractivity contribution in [2.75, 3.05) is 39.6 Å². The minimum Gasteiger partial charge on any atom is -0.381 e. The second kappa shape index (κ2) is 22.4. The summed E-state index contributed by atoms with van der Waals surface area (Å²) in [5.41, 5.74) is 0.476. The smallest absolute Gasteiger partial charge is 0.299 e. The van der Waals surface area contributed by atoms with Gasteiger partial charge in [-0.1, -0.05) is 113 Å². The third-order valence-electron chi connectivity index (χ3n) is 8.41. The molecule has 1 saturated heterocycles. The van der Waals surface area contributed by atoms with E-state index in [1.54, 1.807) is 24.3 Å². The molecule has 0 bridgehead atoms. The normalized spacial score (nSPS) is 20.2. The van der Waals surface area contributed by atoms with Gasteiger partial charge in [0.2, 0.25) is 5.56 Å². The Kier molecular flexibility index (Phi) is 19.0. The zero-order valence-corrected chi connectivity index (χ0v) is 29.1. The fourth-order valence-corrected chi connectivity index (χ4v) is 7.75. The van der Waals surface area contributed by atoms with Crippen LogP contribution < -0.4 is 0 Å². The fourth-order valence-electron chi connectivity index (χ4n) is 5.65. The first-order chi connectivity index (χ1) is 21.5. The van der Waals surface area contributed by atoms with Crippen LogP contribution in [0.25, 0.3) is 0 Å². The van der Waals surface area contributed by atoms with Crippen molar-refractivity contribution in [3.63, 3.8) is 0 Å². The van der Waals surface area contributed by atoms with Crippen LogP contribution in [-0.2, 0) is 28.5 Å². The van der Waals surface area contributed by atoms with Crippen LogP contribution in [-0.4, -0.2) is 64.6 Å². The number of hydrogen-bond acceptors (Lipinski definition) is 8. The number of thioether (sulfide) groups is 1. The molecule has 1 aromatic rings. The van der Waals surface area contributed by atoms with E-state index < -0.39 is 15.7 Å². The second-order valence-electron chi connectivity index (χ2n) is 12.5. The average molecular weight is 654 g/mol. The van der Waals surface area contributed by atoms with Crippen LogP contribution in [0.15, 0.2) is 40.8 Å². The van der Waals surface area contributed by atoms with Crippen molar-refractivity contribution in [1.82, 2.24) is 4.90 Å². The molecule has 7 nitrogen and oxygen atoms in total. The van der Waals surface area contributed by atoms with E-state index in [0.717, 1.165) is 77.1 Å². The van der Waals surface area contributed by atoms with E-state index in [-0.39, 0.29) is 11.0 Å². The van der Waals surface area contributed by atoms with Gasteiger partial charge in [0.05, 0.1) is 30.8 Å². The maximum atomic E-state index is 12.7. The van der Waals surface area contributed by atoms with Gasteiger partial charge in [0.15, 0.2) is 0 Å². The van der Waals surface area contributed by atoms with E-state index in [9.17, 15) is 8.42 Å². The highest BCUT2D eigenvalue weighted by Crippen LogP contribution is 2.30. The molecular weight excluding hydrogens is 595 g/mol. The van der Waals surface area contributed by atoms with E-state index in [1.807, 2.05) is 23.4 Å². The minimum absolute atomic E-state index is 0.195. The number of unbranched alkanes of at least 4 members (excludes halogenated alkanes) is 13. The molecule has 3 atom stereocenters. The van der Waals surface area contributed by atoms with Crippen molar-refractivity contribution in [3.8, 4) is 0 Å². The van der Waals surface area contributed by atoms with Crippen molar-refractivity contribution < 1.29 is 26.8 Å². The molecule has 0 saturated carbocycles. The van der Waals surface area contributed by atoms with Gasteiger partial charge < -0.3 is 19.1 Å². The van der Waals surface area contributed by atoms with E-state index in [4.69, 9.17) is 18.4 Å². The summed E-state index contributed by atoms with van der Waals surface area (Å²) in [6.07, 6.45) is 22.1. The molecule has 3 unspecified atom stereocenters. The van der Waals surface area contributed by atoms with Gasteiger partial charge in [-0.15, -0.1) is 0 Å². The second-order valence-corrected chi connectivity index (χ2v) is 15.0. The molecule has 0 amide bonds. The Hall–Kier alpha value is -1.10. The van der Waals surface area contributed by atoms with Crippen LogP contribution in [0.3, 0.4) is 0 Å². The summed E-state index contributed by atoms with van der Waals surface area (Å²) in [7, 11) is -3.80. The topological polar surface area (TPSA) is 74.3 Å². The van der Waals surface area contributed by atoms with Gasteiger partial charge in [-0.05, 0) is 50.1 Å². The average Bonchev–Trinajstić information content (AvgIpc) is 3.66. The molecule has 0 aromatic heterocycles. The molecule has 1 fully saturated rings. The quantitative estimate of drug-likeness (QED) is 0.0726. The summed E-state index contributed by atoms with van der Waals surface area (Å²) in [5.74, 6) is 0.503. The highest BCUT2D eigenvalue weighted by Gasteiger charge is 2.28. The monoisotopic (exact) mass is 653 g/mol. The Morgan fingerprint density at radius 2 is 1.41 bits per heavy atom. The van der Waals surface area contributed by atoms with Crippen LogP contribution >= 0.6 is 11.8 Å². The van der Waals surface area contributed by atoms with Gasteiger partial charge in [-0.2, -0.15) is 8.42 Å². The number of ether oxygens (including phenoxy) is 3. The van der Waals surface area contributed by atoms with Crippen LogP contribution in [0.5, 0.6) is 0 Å². The Morgan fingerprint density at radius 1 is 0.818 bits per heavy atom. The molecule has 2 heterocycles. The molecule has 9 heteroatoms. The number of rotatable bonds is 26.